The van der Waals surface area contributed by atoms with Crippen LogP contribution in [0.2, 0.25) is 0 Å². The van der Waals surface area contributed by atoms with Crippen LogP contribution < -0.4 is 0 Å². The Morgan fingerprint density at radius 1 is 0.528 bits per heavy atom. The minimum Gasteiger partial charge on any atom is -0.481 e. The normalized spacial score (nSPS) is 11.0. The second-order valence-corrected chi connectivity index (χ2v) is 27.5. The molecule has 1 N–H and O–H groups in total. The van der Waals surface area contributed by atoms with Crippen LogP contribution in [0.5, 0.6) is 0 Å². The number of aliphatic carboxylic acids is 1. The maximum atomic E-state index is 10.9. The summed E-state index contributed by atoms with van der Waals surface area (Å²) in [6.45, 7) is 23.9. The number of carboxylic acid groups (broad SMARTS) is 1. The molecule has 8 aromatic rings. The molecule has 0 radical (unpaired) electrons. The van der Waals surface area contributed by atoms with Gasteiger partial charge in [-0.2, -0.15) is 11.8 Å². The molecule has 2 saturated carbocycles. The summed E-state index contributed by atoms with van der Waals surface area (Å²) in [5.41, 5.74) is 6.29. The molecule has 8 nitrogen and oxygen atoms in total. The molecule has 0 aliphatic heterocycles. The van der Waals surface area contributed by atoms with Crippen molar-refractivity contribution in [3.8, 4) is 24.2 Å². The zero-order valence-electron chi connectivity index (χ0n) is 51.8. The van der Waals surface area contributed by atoms with E-state index in [1.54, 1.807) is 22.0 Å². The number of fused-ring (bicyclic) bond motifs is 2. The molecule has 2 aliphatic carbocycles. The highest BCUT2D eigenvalue weighted by molar-refractivity contribution is 9.50. The fourth-order valence-corrected chi connectivity index (χ4v) is 10.1. The molecule has 6 aromatic carbocycles. The van der Waals surface area contributed by atoms with Gasteiger partial charge in [0.2, 0.25) is 9.47 Å². The van der Waals surface area contributed by atoms with Crippen LogP contribution in [0.3, 0.4) is 0 Å². The number of halogens is 4. The molecule has 0 unspecified atom stereocenters. The molecule has 10 rings (SSSR count). The maximum Gasteiger partial charge on any atom is 0.313 e. The fraction of sp³-hybridized carbons (Fsp3) is 0.466. The van der Waals surface area contributed by atoms with E-state index in [4.69, 9.17) is 5.11 Å². The summed E-state index contributed by atoms with van der Waals surface area (Å²) in [6.07, 6.45) is 23.4. The van der Waals surface area contributed by atoms with Crippen molar-refractivity contribution in [3.63, 3.8) is 0 Å². The van der Waals surface area contributed by atoms with Gasteiger partial charge in [-0.1, -0.05) is 328 Å². The molecular formula is C73H112Br4N6O2S4. The summed E-state index contributed by atoms with van der Waals surface area (Å²) in [5.74, 6) is 2.28. The number of thioether (sulfide) groups is 3. The van der Waals surface area contributed by atoms with E-state index >= 15 is 0 Å². The van der Waals surface area contributed by atoms with Gasteiger partial charge < -0.3 is 5.11 Å². The molecule has 0 saturated heterocycles. The fourth-order valence-electron chi connectivity index (χ4n) is 7.55. The Kier molecular flexibility index (Phi) is 60.5. The molecule has 2 fully saturated rings. The molecule has 2 aromatic heterocycles. The lowest BCUT2D eigenvalue weighted by Gasteiger charge is -2.14. The van der Waals surface area contributed by atoms with Crippen LogP contribution >= 0.6 is 108 Å². The number of alkyl halides is 1. The van der Waals surface area contributed by atoms with Crippen molar-refractivity contribution in [2.24, 2.45) is 0 Å². The number of carboxylic acids is 1. The van der Waals surface area contributed by atoms with Gasteiger partial charge in [-0.15, -0.1) is 33.2 Å². The van der Waals surface area contributed by atoms with Crippen LogP contribution in [-0.2, 0) is 4.79 Å². The smallest absolute Gasteiger partial charge is 0.313 e. The van der Waals surface area contributed by atoms with Crippen molar-refractivity contribution in [2.45, 2.75) is 215 Å². The highest BCUT2D eigenvalue weighted by Crippen LogP contribution is 2.46. The van der Waals surface area contributed by atoms with Crippen molar-refractivity contribution in [2.75, 3.05) is 17.8 Å². The van der Waals surface area contributed by atoms with Crippen molar-refractivity contribution in [3.05, 3.63) is 166 Å². The summed E-state index contributed by atoms with van der Waals surface area (Å²) in [7, 11) is 1.69. The predicted octanol–water partition coefficient (Wildman–Crippen LogP) is 26.5. The zero-order chi connectivity index (χ0) is 62.8. The quantitative estimate of drug-likeness (QED) is 0.0607. The number of aromatic nitrogens is 6. The van der Waals surface area contributed by atoms with Crippen LogP contribution in [-0.4, -0.2) is 74.2 Å². The van der Waals surface area contributed by atoms with E-state index in [1.165, 1.54) is 97.1 Å². The average molecular weight is 1550 g/mol. The standard InChI is InChI=1S/C18H18BrN3S.C17H14BrN3O2S.C7H8.C6H6.2C5H12.C4H10S.C3H7BrS.C2H2.CH3Br.5CH4/c1-11(2)23-18-21-20-17(19)22(18)16-10-9-13(12-7-8-12)14-5-3-4-6-15(14)16;18-16-19-20-17(24-9-15(22)23)21(16)14-8-7-11(10-5-6-10)12-3-1-2-4-13(12)14;1-7-5-3-2-4-6-7;1-2-4-6-5-3-1;2*1-3-5-4-2;1-4(2)5-3;1-3(2)5-4;2*1-2;;;;;/h3-6,9-12H,7-8H2,1-2H3;1-4,7-8,10H,5-6,9H2,(H,22,23);2-6H,1H3;1-6H;2*3-5H2,1-2H3;4H,1-3H3;3H,1-2H3;1-2H;1H3;5*1H4. The highest BCUT2D eigenvalue weighted by Gasteiger charge is 2.28. The first kappa shape index (κ1) is 94.2. The molecule has 0 spiro atoms. The molecule has 89 heavy (non-hydrogen) atoms. The predicted molar refractivity (Wildman–Crippen MR) is 423 cm³/mol. The van der Waals surface area contributed by atoms with Gasteiger partial charge in [0.1, 0.15) is 0 Å². The third kappa shape index (κ3) is 37.7. The van der Waals surface area contributed by atoms with E-state index in [9.17, 15) is 4.79 Å². The topological polar surface area (TPSA) is 98.7 Å². The largest absolute Gasteiger partial charge is 0.481 e. The van der Waals surface area contributed by atoms with E-state index in [0.717, 1.165) is 54.8 Å². The molecule has 0 amide bonds. The zero-order valence-corrected chi connectivity index (χ0v) is 61.4. The number of benzene rings is 6. The van der Waals surface area contributed by atoms with Crippen LogP contribution in [0.1, 0.15) is 199 Å². The first-order chi connectivity index (χ1) is 40.6. The molecule has 498 valence electrons. The van der Waals surface area contributed by atoms with Gasteiger partial charge in [0.15, 0.2) is 10.3 Å². The lowest BCUT2D eigenvalue weighted by atomic mass is 9.99. The molecule has 0 bridgehead atoms. The van der Waals surface area contributed by atoms with Crippen LogP contribution in [0.25, 0.3) is 32.9 Å². The Balaban J connectivity index is -0.000000331. The van der Waals surface area contributed by atoms with Gasteiger partial charge in [0.05, 0.1) is 17.1 Å². The Labute approximate surface area is 592 Å². The third-order valence-electron chi connectivity index (χ3n) is 11.9. The van der Waals surface area contributed by atoms with Gasteiger partial charge in [-0.05, 0) is 142 Å². The number of hydrogen-bond donors (Lipinski definition) is 1. The van der Waals surface area contributed by atoms with Crippen LogP contribution in [0.15, 0.2) is 159 Å². The van der Waals surface area contributed by atoms with Gasteiger partial charge in [0.25, 0.3) is 0 Å². The van der Waals surface area contributed by atoms with Crippen LogP contribution in [0.4, 0.5) is 0 Å². The number of carbonyl (C=O) groups is 1. The summed E-state index contributed by atoms with van der Waals surface area (Å²) >= 11 is 17.9. The van der Waals surface area contributed by atoms with Crippen molar-refractivity contribution >= 4 is 136 Å². The Morgan fingerprint density at radius 3 is 1.11 bits per heavy atom. The van der Waals surface area contributed by atoms with Crippen molar-refractivity contribution < 1.29 is 9.90 Å². The first-order valence-electron chi connectivity index (χ1n) is 28.9. The van der Waals surface area contributed by atoms with E-state index < -0.39 is 5.97 Å². The van der Waals surface area contributed by atoms with Gasteiger partial charge >= 0.3 is 5.97 Å². The van der Waals surface area contributed by atoms with Gasteiger partial charge in [-0.25, -0.2) is 0 Å². The minimum absolute atomic E-state index is 0. The van der Waals surface area contributed by atoms with E-state index in [1.807, 2.05) is 82.8 Å². The van der Waals surface area contributed by atoms with E-state index in [2.05, 4.69) is 262 Å². The summed E-state index contributed by atoms with van der Waals surface area (Å²) < 4.78 is 5.31. The Morgan fingerprint density at radius 2 is 0.843 bits per heavy atom. The van der Waals surface area contributed by atoms with E-state index in [-0.39, 0.29) is 42.9 Å². The van der Waals surface area contributed by atoms with Gasteiger partial charge in [0, 0.05) is 21.3 Å². The third-order valence-corrected chi connectivity index (χ3v) is 18.3. The average Bonchev–Trinajstić information content (AvgIpc) is 1.82. The van der Waals surface area contributed by atoms with E-state index in [0.29, 0.717) is 21.1 Å². The second kappa shape index (κ2) is 57.2. The van der Waals surface area contributed by atoms with Crippen molar-refractivity contribution in [1.29, 1.82) is 0 Å². The molecule has 2 heterocycles. The SMILES string of the molecule is C.C.C.C.C.C#C.CBr.CC(C)SBr.CC(C)Sc1nnc(Br)n1-c1ccc(C2CC2)c2ccccc12.CCCCC.CCCCC.CSC(C)C.Cc1ccccc1.O=C(O)CSc1nnc(Br)n1-c1ccc(C2CC2)c2ccccc12.c1ccccc1. The number of aryl methyl sites for hydroxylation is 1. The molecule has 16 heteroatoms. The molecule has 0 atom stereocenters. The summed E-state index contributed by atoms with van der Waals surface area (Å²) in [5, 5.41) is 34.1. The number of terminal acetylenes is 1. The monoisotopic (exact) mass is 1550 g/mol. The van der Waals surface area contributed by atoms with Gasteiger partial charge in [-0.3, -0.25) is 13.9 Å². The molecule has 2 aliphatic rings. The Bertz CT molecular complexity index is 2940. The summed E-state index contributed by atoms with van der Waals surface area (Å²) in [6, 6.07) is 48.0. The minimum atomic E-state index is -0.875. The Hall–Kier alpha value is -3.53. The number of rotatable bonds is 15. The first-order valence-corrected chi connectivity index (χ1v) is 37.9. The number of nitrogens with zero attached hydrogens (tertiary/aromatic N) is 6. The second-order valence-electron chi connectivity index (χ2n) is 19.9. The lowest BCUT2D eigenvalue weighted by Crippen LogP contribution is -2.03. The van der Waals surface area contributed by atoms with Crippen molar-refractivity contribution in [1.82, 2.24) is 29.5 Å². The van der Waals surface area contributed by atoms with Crippen LogP contribution in [0, 0.1) is 19.8 Å². The number of unbranched alkanes of at least 4 members (excludes halogenated alkanes) is 4. The summed E-state index contributed by atoms with van der Waals surface area (Å²) in [4.78, 5) is 10.9. The maximum absolute atomic E-state index is 10.9. The lowest BCUT2D eigenvalue weighted by molar-refractivity contribution is -0.133. The molecular weight excluding hydrogens is 1440 g/mol. The number of hydrogen-bond acceptors (Lipinski definition) is 9. The highest BCUT2D eigenvalue weighted by atomic mass is 79.9.